The fourth-order valence-corrected chi connectivity index (χ4v) is 3.38. The van der Waals surface area contributed by atoms with Gasteiger partial charge in [0.2, 0.25) is 0 Å². The van der Waals surface area contributed by atoms with Gasteiger partial charge in [0.1, 0.15) is 5.82 Å². The quantitative estimate of drug-likeness (QED) is 0.938. The van der Waals surface area contributed by atoms with Crippen LogP contribution in [0.15, 0.2) is 42.7 Å². The van der Waals surface area contributed by atoms with Crippen molar-refractivity contribution in [1.29, 1.82) is 0 Å². The Balaban J connectivity index is 1.82. The summed E-state index contributed by atoms with van der Waals surface area (Å²) in [5.41, 5.74) is 7.81. The molecule has 0 amide bonds. The lowest BCUT2D eigenvalue weighted by Gasteiger charge is -2.40. The molecule has 1 aliphatic heterocycles. The van der Waals surface area contributed by atoms with Gasteiger partial charge in [0.25, 0.3) is 0 Å². The van der Waals surface area contributed by atoms with E-state index in [1.54, 1.807) is 0 Å². The first-order chi connectivity index (χ1) is 10.2. The SMILES string of the molecule is CC(C)C(C(N)c1ccccc1)N1CCn2ccnc2C1. The largest absolute Gasteiger partial charge is 0.333 e. The molecule has 2 aromatic rings. The van der Waals surface area contributed by atoms with E-state index in [1.807, 2.05) is 12.3 Å². The highest BCUT2D eigenvalue weighted by atomic mass is 15.3. The topological polar surface area (TPSA) is 47.1 Å². The van der Waals surface area contributed by atoms with Crippen LogP contribution in [-0.2, 0) is 13.1 Å². The number of rotatable bonds is 4. The Morgan fingerprint density at radius 2 is 1.90 bits per heavy atom. The molecular weight excluding hydrogens is 260 g/mol. The van der Waals surface area contributed by atoms with Crippen LogP contribution in [0, 0.1) is 5.92 Å². The third-order valence-electron chi connectivity index (χ3n) is 4.43. The van der Waals surface area contributed by atoms with Crippen molar-refractivity contribution in [3.05, 3.63) is 54.1 Å². The second-order valence-corrected chi connectivity index (χ2v) is 6.18. The van der Waals surface area contributed by atoms with Crippen LogP contribution in [-0.4, -0.2) is 27.0 Å². The monoisotopic (exact) mass is 284 g/mol. The van der Waals surface area contributed by atoms with Gasteiger partial charge >= 0.3 is 0 Å². The Bertz CT molecular complexity index is 575. The zero-order valence-corrected chi connectivity index (χ0v) is 12.8. The molecule has 2 atom stereocenters. The van der Waals surface area contributed by atoms with Gasteiger partial charge in [-0.2, -0.15) is 0 Å². The van der Waals surface area contributed by atoms with Crippen LogP contribution in [0.3, 0.4) is 0 Å². The molecule has 3 rings (SSSR count). The van der Waals surface area contributed by atoms with Crippen molar-refractivity contribution in [3.8, 4) is 0 Å². The first kappa shape index (κ1) is 14.3. The molecule has 0 spiro atoms. The van der Waals surface area contributed by atoms with E-state index in [4.69, 9.17) is 5.73 Å². The molecule has 1 aliphatic rings. The molecule has 0 saturated heterocycles. The van der Waals surface area contributed by atoms with Crippen molar-refractivity contribution in [1.82, 2.24) is 14.5 Å². The van der Waals surface area contributed by atoms with Gasteiger partial charge in [0, 0.05) is 37.6 Å². The standard InChI is InChI=1S/C17H24N4/c1-13(2)17(16(18)14-6-4-3-5-7-14)21-11-10-20-9-8-19-15(20)12-21/h3-9,13,16-17H,10-12,18H2,1-2H3. The van der Waals surface area contributed by atoms with E-state index in [0.717, 1.165) is 25.5 Å². The van der Waals surface area contributed by atoms with Gasteiger partial charge in [-0.15, -0.1) is 0 Å². The molecule has 0 radical (unpaired) electrons. The highest BCUT2D eigenvalue weighted by molar-refractivity contribution is 5.20. The molecule has 0 fully saturated rings. The van der Waals surface area contributed by atoms with Crippen molar-refractivity contribution < 1.29 is 0 Å². The predicted molar refractivity (Wildman–Crippen MR) is 84.6 cm³/mol. The van der Waals surface area contributed by atoms with E-state index in [2.05, 4.69) is 58.8 Å². The second-order valence-electron chi connectivity index (χ2n) is 6.18. The Hall–Kier alpha value is -1.65. The lowest BCUT2D eigenvalue weighted by atomic mass is 9.90. The number of benzene rings is 1. The van der Waals surface area contributed by atoms with Gasteiger partial charge in [-0.25, -0.2) is 4.98 Å². The van der Waals surface area contributed by atoms with Crippen LogP contribution in [0.25, 0.3) is 0 Å². The van der Waals surface area contributed by atoms with E-state index in [9.17, 15) is 0 Å². The number of hydrogen-bond acceptors (Lipinski definition) is 3. The zero-order valence-electron chi connectivity index (χ0n) is 12.8. The van der Waals surface area contributed by atoms with E-state index < -0.39 is 0 Å². The predicted octanol–water partition coefficient (Wildman–Crippen LogP) is 2.42. The third kappa shape index (κ3) is 2.87. The van der Waals surface area contributed by atoms with Crippen molar-refractivity contribution in [2.24, 2.45) is 11.7 Å². The van der Waals surface area contributed by atoms with Crippen LogP contribution in [0.4, 0.5) is 0 Å². The summed E-state index contributed by atoms with van der Waals surface area (Å²) < 4.78 is 2.24. The number of fused-ring (bicyclic) bond motifs is 1. The normalized spacial score (nSPS) is 18.5. The Labute approximate surface area is 126 Å². The maximum atomic E-state index is 6.60. The Kier molecular flexibility index (Phi) is 4.08. The number of imidazole rings is 1. The van der Waals surface area contributed by atoms with Gasteiger partial charge in [0.15, 0.2) is 0 Å². The van der Waals surface area contributed by atoms with E-state index >= 15 is 0 Å². The van der Waals surface area contributed by atoms with Gasteiger partial charge < -0.3 is 10.3 Å². The number of hydrogen-bond donors (Lipinski definition) is 1. The summed E-state index contributed by atoms with van der Waals surface area (Å²) in [4.78, 5) is 6.95. The minimum absolute atomic E-state index is 0.0349. The lowest BCUT2D eigenvalue weighted by Crippen LogP contribution is -2.49. The van der Waals surface area contributed by atoms with Crippen LogP contribution in [0.2, 0.25) is 0 Å². The molecule has 0 saturated carbocycles. The van der Waals surface area contributed by atoms with Gasteiger partial charge in [-0.1, -0.05) is 44.2 Å². The van der Waals surface area contributed by atoms with Crippen LogP contribution < -0.4 is 5.73 Å². The molecular formula is C17H24N4. The molecule has 4 heteroatoms. The van der Waals surface area contributed by atoms with E-state index in [-0.39, 0.29) is 6.04 Å². The smallest absolute Gasteiger partial charge is 0.122 e. The average molecular weight is 284 g/mol. The molecule has 2 heterocycles. The summed E-state index contributed by atoms with van der Waals surface area (Å²) >= 11 is 0. The fourth-order valence-electron chi connectivity index (χ4n) is 3.38. The first-order valence-corrected chi connectivity index (χ1v) is 7.71. The summed E-state index contributed by atoms with van der Waals surface area (Å²) in [5.74, 6) is 1.65. The van der Waals surface area contributed by atoms with Crippen LogP contribution >= 0.6 is 0 Å². The number of nitrogens with two attached hydrogens (primary N) is 1. The summed E-state index contributed by atoms with van der Waals surface area (Å²) in [5, 5.41) is 0. The Morgan fingerprint density at radius 1 is 1.14 bits per heavy atom. The molecule has 112 valence electrons. The first-order valence-electron chi connectivity index (χ1n) is 7.71. The van der Waals surface area contributed by atoms with E-state index in [1.165, 1.54) is 5.56 Å². The van der Waals surface area contributed by atoms with Crippen molar-refractivity contribution in [2.75, 3.05) is 6.54 Å². The highest BCUT2D eigenvalue weighted by Gasteiger charge is 2.31. The maximum absolute atomic E-state index is 6.60. The molecule has 1 aromatic heterocycles. The highest BCUT2D eigenvalue weighted by Crippen LogP contribution is 2.27. The van der Waals surface area contributed by atoms with Crippen molar-refractivity contribution in [3.63, 3.8) is 0 Å². The molecule has 0 aliphatic carbocycles. The fraction of sp³-hybridized carbons (Fsp3) is 0.471. The minimum Gasteiger partial charge on any atom is -0.333 e. The van der Waals surface area contributed by atoms with Gasteiger partial charge in [-0.05, 0) is 11.5 Å². The Morgan fingerprint density at radius 3 is 2.62 bits per heavy atom. The van der Waals surface area contributed by atoms with Crippen LogP contribution in [0.1, 0.15) is 31.3 Å². The summed E-state index contributed by atoms with van der Waals surface area (Å²) in [6.07, 6.45) is 3.95. The van der Waals surface area contributed by atoms with Crippen molar-refractivity contribution >= 4 is 0 Å². The van der Waals surface area contributed by atoms with Gasteiger partial charge in [-0.3, -0.25) is 4.90 Å². The molecule has 2 N–H and O–H groups in total. The van der Waals surface area contributed by atoms with E-state index in [0.29, 0.717) is 12.0 Å². The maximum Gasteiger partial charge on any atom is 0.122 e. The summed E-state index contributed by atoms with van der Waals surface area (Å²) in [7, 11) is 0. The summed E-state index contributed by atoms with van der Waals surface area (Å²) in [6, 6.07) is 10.8. The molecule has 4 nitrogen and oxygen atoms in total. The summed E-state index contributed by atoms with van der Waals surface area (Å²) in [6.45, 7) is 7.44. The second kappa shape index (κ2) is 6.00. The average Bonchev–Trinajstić information content (AvgIpc) is 2.95. The molecule has 1 aromatic carbocycles. The molecule has 2 unspecified atom stereocenters. The van der Waals surface area contributed by atoms with Crippen molar-refractivity contribution in [2.45, 2.75) is 39.0 Å². The lowest BCUT2D eigenvalue weighted by molar-refractivity contribution is 0.0980. The third-order valence-corrected chi connectivity index (χ3v) is 4.43. The number of nitrogens with zero attached hydrogens (tertiary/aromatic N) is 3. The zero-order chi connectivity index (χ0) is 14.8. The van der Waals surface area contributed by atoms with Gasteiger partial charge in [0.05, 0.1) is 6.54 Å². The number of aromatic nitrogens is 2. The van der Waals surface area contributed by atoms with Crippen LogP contribution in [0.5, 0.6) is 0 Å². The molecule has 0 bridgehead atoms. The molecule has 21 heavy (non-hydrogen) atoms. The minimum atomic E-state index is 0.0349.